The molecular weight excluding hydrogens is 314 g/mol. The monoisotopic (exact) mass is 331 g/mol. The van der Waals surface area contributed by atoms with Crippen LogP contribution in [0.2, 0.25) is 0 Å². The van der Waals surface area contributed by atoms with Gasteiger partial charge in [-0.2, -0.15) is 0 Å². The average molecular weight is 332 g/mol. The number of rotatable bonds is 4. The zero-order valence-corrected chi connectivity index (χ0v) is 13.2. The largest absolute Gasteiger partial charge is 0.460 e. The van der Waals surface area contributed by atoms with E-state index in [1.54, 1.807) is 11.8 Å². The summed E-state index contributed by atoms with van der Waals surface area (Å²) in [5.74, 6) is 0.527. The Morgan fingerprint density at radius 3 is 2.67 bits per heavy atom. The maximum atomic E-state index is 11.5. The molecule has 5 heteroatoms. The van der Waals surface area contributed by atoms with Crippen molar-refractivity contribution < 1.29 is 9.53 Å². The summed E-state index contributed by atoms with van der Waals surface area (Å²) >= 11 is 5.05. The van der Waals surface area contributed by atoms with Gasteiger partial charge in [-0.1, -0.05) is 0 Å². The molecule has 0 aliphatic heterocycles. The molecule has 0 amide bonds. The first-order valence-electron chi connectivity index (χ1n) is 5.67. The number of anilines is 1. The number of nitrogen functional groups attached to an aromatic ring is 1. The molecule has 100 valence electrons. The fourth-order valence-corrected chi connectivity index (χ4v) is 2.86. The Balaban J connectivity index is 2.40. The second-order valence-corrected chi connectivity index (χ2v) is 6.87. The molecule has 0 aliphatic rings. The van der Waals surface area contributed by atoms with Gasteiger partial charge in [0.15, 0.2) is 0 Å². The highest BCUT2D eigenvalue weighted by Crippen LogP contribution is 2.29. The van der Waals surface area contributed by atoms with E-state index in [1.165, 1.54) is 0 Å². The lowest BCUT2D eigenvalue weighted by Gasteiger charge is -2.19. The fourth-order valence-electron chi connectivity index (χ4n) is 1.27. The number of carbonyl (C=O) groups excluding carboxylic acids is 1. The molecule has 0 atom stereocenters. The number of halogens is 1. The summed E-state index contributed by atoms with van der Waals surface area (Å²) in [6.07, 6.45) is 0.402. The van der Waals surface area contributed by atoms with E-state index in [0.29, 0.717) is 12.2 Å². The molecule has 1 aromatic rings. The van der Waals surface area contributed by atoms with Crippen molar-refractivity contribution in [2.45, 2.75) is 37.7 Å². The van der Waals surface area contributed by atoms with Crippen molar-refractivity contribution in [3.63, 3.8) is 0 Å². The predicted octanol–water partition coefficient (Wildman–Crippen LogP) is 3.86. The third-order valence-electron chi connectivity index (χ3n) is 1.94. The molecule has 0 spiro atoms. The number of nitrogens with two attached hydrogens (primary N) is 1. The third kappa shape index (κ3) is 5.78. The third-order valence-corrected chi connectivity index (χ3v) is 3.93. The van der Waals surface area contributed by atoms with Gasteiger partial charge in [-0.15, -0.1) is 11.8 Å². The lowest BCUT2D eigenvalue weighted by molar-refractivity contribution is -0.154. The zero-order valence-electron chi connectivity index (χ0n) is 10.8. The van der Waals surface area contributed by atoms with Crippen LogP contribution in [0.15, 0.2) is 27.6 Å². The number of ether oxygens (including phenoxy) is 1. The SMILES string of the molecule is CC(C)(C)OC(=O)CCSc1ccc(N)cc1Br. The summed E-state index contributed by atoms with van der Waals surface area (Å²) in [7, 11) is 0. The smallest absolute Gasteiger partial charge is 0.307 e. The van der Waals surface area contributed by atoms with Crippen LogP contribution >= 0.6 is 27.7 Å². The topological polar surface area (TPSA) is 52.3 Å². The van der Waals surface area contributed by atoms with Crippen molar-refractivity contribution in [3.8, 4) is 0 Å². The van der Waals surface area contributed by atoms with Crippen LogP contribution in [-0.4, -0.2) is 17.3 Å². The molecule has 0 saturated heterocycles. The summed E-state index contributed by atoms with van der Waals surface area (Å²) < 4.78 is 6.20. The Morgan fingerprint density at radius 1 is 1.44 bits per heavy atom. The van der Waals surface area contributed by atoms with Crippen LogP contribution in [0.4, 0.5) is 5.69 Å². The molecule has 1 rings (SSSR count). The summed E-state index contributed by atoms with van der Waals surface area (Å²) in [6, 6.07) is 5.65. The lowest BCUT2D eigenvalue weighted by Crippen LogP contribution is -2.23. The standard InChI is InChI=1S/C13H18BrNO2S/c1-13(2,3)17-12(16)6-7-18-11-5-4-9(15)8-10(11)14/h4-5,8H,6-7,15H2,1-3H3. The molecule has 1 aromatic carbocycles. The van der Waals surface area contributed by atoms with Gasteiger partial charge in [0.1, 0.15) is 5.60 Å². The van der Waals surface area contributed by atoms with E-state index in [-0.39, 0.29) is 5.97 Å². The minimum atomic E-state index is -0.413. The molecule has 18 heavy (non-hydrogen) atoms. The van der Waals surface area contributed by atoms with Crippen LogP contribution in [0, 0.1) is 0 Å². The van der Waals surface area contributed by atoms with Crippen LogP contribution in [0.3, 0.4) is 0 Å². The highest BCUT2D eigenvalue weighted by molar-refractivity contribution is 9.10. The van der Waals surface area contributed by atoms with Crippen molar-refractivity contribution in [3.05, 3.63) is 22.7 Å². The van der Waals surface area contributed by atoms with Crippen molar-refractivity contribution >= 4 is 39.3 Å². The Bertz CT molecular complexity index is 429. The highest BCUT2D eigenvalue weighted by atomic mass is 79.9. The normalized spacial score (nSPS) is 11.3. The Hall–Kier alpha value is -0.680. The molecule has 0 aliphatic carbocycles. The van der Waals surface area contributed by atoms with Crippen molar-refractivity contribution in [2.75, 3.05) is 11.5 Å². The number of benzene rings is 1. The molecule has 0 unspecified atom stereocenters. The van der Waals surface area contributed by atoms with Crippen molar-refractivity contribution in [1.82, 2.24) is 0 Å². The number of esters is 1. The molecule has 2 N–H and O–H groups in total. The Kier molecular flexibility index (Phi) is 5.53. The minimum Gasteiger partial charge on any atom is -0.460 e. The second-order valence-electron chi connectivity index (χ2n) is 4.87. The first kappa shape index (κ1) is 15.4. The molecule has 0 saturated carbocycles. The van der Waals surface area contributed by atoms with Crippen LogP contribution in [0.25, 0.3) is 0 Å². The van der Waals surface area contributed by atoms with E-state index >= 15 is 0 Å². The van der Waals surface area contributed by atoms with Gasteiger partial charge in [-0.05, 0) is 54.9 Å². The fraction of sp³-hybridized carbons (Fsp3) is 0.462. The zero-order chi connectivity index (χ0) is 13.8. The first-order valence-corrected chi connectivity index (χ1v) is 7.45. The summed E-state index contributed by atoms with van der Waals surface area (Å²) in [5.41, 5.74) is 5.97. The maximum Gasteiger partial charge on any atom is 0.307 e. The van der Waals surface area contributed by atoms with Gasteiger partial charge in [0.05, 0.1) is 6.42 Å². The molecule has 3 nitrogen and oxygen atoms in total. The van der Waals surface area contributed by atoms with Gasteiger partial charge in [-0.25, -0.2) is 0 Å². The van der Waals surface area contributed by atoms with Crippen molar-refractivity contribution in [2.24, 2.45) is 0 Å². The number of carbonyl (C=O) groups is 1. The molecule has 0 heterocycles. The summed E-state index contributed by atoms with van der Waals surface area (Å²) in [6.45, 7) is 5.61. The second kappa shape index (κ2) is 6.48. The predicted molar refractivity (Wildman–Crippen MR) is 79.7 cm³/mol. The maximum absolute atomic E-state index is 11.5. The van der Waals surface area contributed by atoms with Crippen molar-refractivity contribution in [1.29, 1.82) is 0 Å². The number of hydrogen-bond acceptors (Lipinski definition) is 4. The molecule has 0 fully saturated rings. The molecule has 0 aromatic heterocycles. The van der Waals surface area contributed by atoms with E-state index in [0.717, 1.165) is 15.1 Å². The summed E-state index contributed by atoms with van der Waals surface area (Å²) in [5, 5.41) is 0. The first-order chi connectivity index (χ1) is 8.28. The van der Waals surface area contributed by atoms with Crippen LogP contribution in [0.1, 0.15) is 27.2 Å². The van der Waals surface area contributed by atoms with Gasteiger partial charge in [-0.3, -0.25) is 4.79 Å². The average Bonchev–Trinajstić information content (AvgIpc) is 2.18. The van der Waals surface area contributed by atoms with Gasteiger partial charge >= 0.3 is 5.97 Å². The number of hydrogen-bond donors (Lipinski definition) is 1. The summed E-state index contributed by atoms with van der Waals surface area (Å²) in [4.78, 5) is 12.6. The number of thioether (sulfide) groups is 1. The van der Waals surface area contributed by atoms with E-state index in [1.807, 2.05) is 39.0 Å². The Morgan fingerprint density at radius 2 is 2.11 bits per heavy atom. The van der Waals surface area contributed by atoms with Crippen LogP contribution < -0.4 is 5.73 Å². The molecule has 0 radical (unpaired) electrons. The van der Waals surface area contributed by atoms with E-state index in [4.69, 9.17) is 10.5 Å². The van der Waals surface area contributed by atoms with Crippen LogP contribution in [0.5, 0.6) is 0 Å². The van der Waals surface area contributed by atoms with Gasteiger partial charge in [0.2, 0.25) is 0 Å². The Labute approximate surface area is 121 Å². The quantitative estimate of drug-likeness (QED) is 0.517. The van der Waals surface area contributed by atoms with Gasteiger partial charge in [0.25, 0.3) is 0 Å². The minimum absolute atomic E-state index is 0.165. The molecular formula is C13H18BrNO2S. The van der Waals surface area contributed by atoms with E-state index in [9.17, 15) is 4.79 Å². The van der Waals surface area contributed by atoms with E-state index < -0.39 is 5.60 Å². The highest BCUT2D eigenvalue weighted by Gasteiger charge is 2.15. The lowest BCUT2D eigenvalue weighted by atomic mass is 10.2. The van der Waals surface area contributed by atoms with Crippen LogP contribution in [-0.2, 0) is 9.53 Å². The van der Waals surface area contributed by atoms with Gasteiger partial charge < -0.3 is 10.5 Å². The molecule has 0 bridgehead atoms. The van der Waals surface area contributed by atoms with Gasteiger partial charge in [0, 0.05) is 20.8 Å². The van der Waals surface area contributed by atoms with E-state index in [2.05, 4.69) is 15.9 Å².